The van der Waals surface area contributed by atoms with Gasteiger partial charge < -0.3 is 10.1 Å². The number of hydrogen-bond donors (Lipinski definition) is 1. The Morgan fingerprint density at radius 2 is 1.87 bits per heavy atom. The van der Waals surface area contributed by atoms with Crippen LogP contribution in [0.5, 0.6) is 0 Å². The number of thiophene rings is 1. The largest absolute Gasteiger partial charge is 0.465 e. The van der Waals surface area contributed by atoms with Crippen LogP contribution in [0.25, 0.3) is 0 Å². The van der Waals surface area contributed by atoms with Crippen LogP contribution in [-0.2, 0) is 4.74 Å². The first-order valence-electron chi connectivity index (χ1n) is 6.40. The van der Waals surface area contributed by atoms with Gasteiger partial charge in [-0.1, -0.05) is 23.2 Å². The van der Waals surface area contributed by atoms with Gasteiger partial charge in [-0.3, -0.25) is 4.79 Å². The van der Waals surface area contributed by atoms with Gasteiger partial charge in [0.15, 0.2) is 0 Å². The lowest BCUT2D eigenvalue weighted by Crippen LogP contribution is -2.15. The van der Waals surface area contributed by atoms with Gasteiger partial charge in [0, 0.05) is 4.88 Å². The van der Waals surface area contributed by atoms with E-state index in [1.807, 2.05) is 6.92 Å². The normalized spacial score (nSPS) is 10.5. The molecule has 0 fully saturated rings. The molecule has 0 unspecified atom stereocenters. The fourth-order valence-corrected chi connectivity index (χ4v) is 3.44. The summed E-state index contributed by atoms with van der Waals surface area (Å²) < 4.78 is 18.3. The van der Waals surface area contributed by atoms with Crippen molar-refractivity contribution in [2.24, 2.45) is 0 Å². The molecule has 4 nitrogen and oxygen atoms in total. The van der Waals surface area contributed by atoms with E-state index in [0.29, 0.717) is 10.6 Å². The zero-order valence-corrected chi connectivity index (χ0v) is 14.7. The quantitative estimate of drug-likeness (QED) is 0.616. The molecule has 0 radical (unpaired) electrons. The van der Waals surface area contributed by atoms with Crippen molar-refractivity contribution in [3.63, 3.8) is 0 Å². The summed E-state index contributed by atoms with van der Waals surface area (Å²) in [7, 11) is 1.26. The number of ether oxygens (including phenoxy) is 1. The first-order chi connectivity index (χ1) is 10.8. The van der Waals surface area contributed by atoms with Gasteiger partial charge in [0.05, 0.1) is 28.3 Å². The predicted octanol–water partition coefficient (Wildman–Crippen LogP) is 4.85. The number of benzene rings is 1. The van der Waals surface area contributed by atoms with Crippen LogP contribution in [0.3, 0.4) is 0 Å². The van der Waals surface area contributed by atoms with E-state index in [0.717, 1.165) is 17.0 Å². The predicted molar refractivity (Wildman–Crippen MR) is 89.5 cm³/mol. The monoisotopic (exact) mass is 375 g/mol. The van der Waals surface area contributed by atoms with E-state index in [4.69, 9.17) is 27.9 Å². The maximum Gasteiger partial charge on any atom is 0.341 e. The molecule has 8 heteroatoms. The molecule has 1 aromatic carbocycles. The number of aryl methyl sites for hydroxylation is 1. The molecular weight excluding hydrogens is 364 g/mol. The van der Waals surface area contributed by atoms with Crippen LogP contribution in [0.1, 0.15) is 31.2 Å². The summed E-state index contributed by atoms with van der Waals surface area (Å²) in [4.78, 5) is 25.1. The summed E-state index contributed by atoms with van der Waals surface area (Å²) in [5.74, 6) is -1.96. The van der Waals surface area contributed by atoms with Gasteiger partial charge >= 0.3 is 5.97 Å². The second-order valence-corrected chi connectivity index (χ2v) is 6.72. The van der Waals surface area contributed by atoms with Crippen LogP contribution in [-0.4, -0.2) is 19.0 Å². The molecule has 23 heavy (non-hydrogen) atoms. The van der Waals surface area contributed by atoms with Crippen LogP contribution in [0.2, 0.25) is 10.0 Å². The number of carbonyl (C=O) groups is 2. The molecule has 1 amide bonds. The van der Waals surface area contributed by atoms with Crippen molar-refractivity contribution in [3.8, 4) is 0 Å². The molecule has 0 atom stereocenters. The molecule has 122 valence electrons. The SMILES string of the molecule is COC(=O)c1c(NC(=O)c2cc(F)c(Cl)cc2Cl)sc(C)c1C. The number of nitrogens with one attached hydrogen (secondary N) is 1. The molecule has 0 aliphatic rings. The summed E-state index contributed by atoms with van der Waals surface area (Å²) in [6.07, 6.45) is 0. The third kappa shape index (κ3) is 3.49. The fourth-order valence-electron chi connectivity index (χ4n) is 1.93. The number of halogens is 3. The second kappa shape index (κ2) is 6.86. The van der Waals surface area contributed by atoms with Gasteiger partial charge in [-0.25, -0.2) is 9.18 Å². The smallest absolute Gasteiger partial charge is 0.341 e. The van der Waals surface area contributed by atoms with Gasteiger partial charge in [-0.15, -0.1) is 11.3 Å². The minimum atomic E-state index is -0.757. The van der Waals surface area contributed by atoms with Crippen LogP contribution < -0.4 is 5.32 Å². The molecule has 0 saturated carbocycles. The topological polar surface area (TPSA) is 55.4 Å². The molecule has 2 aromatic rings. The zero-order valence-electron chi connectivity index (χ0n) is 12.4. The number of hydrogen-bond acceptors (Lipinski definition) is 4. The highest BCUT2D eigenvalue weighted by molar-refractivity contribution is 7.16. The van der Waals surface area contributed by atoms with E-state index in [2.05, 4.69) is 5.32 Å². The second-order valence-electron chi connectivity index (χ2n) is 4.68. The highest BCUT2D eigenvalue weighted by Crippen LogP contribution is 2.34. The van der Waals surface area contributed by atoms with Crippen molar-refractivity contribution in [2.45, 2.75) is 13.8 Å². The van der Waals surface area contributed by atoms with Crippen LogP contribution in [0.4, 0.5) is 9.39 Å². The molecule has 0 aliphatic heterocycles. The molecule has 1 N–H and O–H groups in total. The average Bonchev–Trinajstić information content (AvgIpc) is 2.76. The van der Waals surface area contributed by atoms with Gasteiger partial charge in [0.25, 0.3) is 5.91 Å². The Bertz CT molecular complexity index is 805. The maximum absolute atomic E-state index is 13.5. The standard InChI is InChI=1S/C15H12Cl2FNO3S/c1-6-7(2)23-14(12(6)15(21)22-3)19-13(20)8-4-11(18)10(17)5-9(8)16/h4-5H,1-3H3,(H,19,20). The fraction of sp³-hybridized carbons (Fsp3) is 0.200. The Kier molecular flexibility index (Phi) is 5.29. The first-order valence-corrected chi connectivity index (χ1v) is 7.97. The Hall–Kier alpha value is -1.63. The van der Waals surface area contributed by atoms with E-state index in [1.165, 1.54) is 18.4 Å². The van der Waals surface area contributed by atoms with Crippen molar-refractivity contribution in [3.05, 3.63) is 49.6 Å². The van der Waals surface area contributed by atoms with E-state index < -0.39 is 17.7 Å². The average molecular weight is 376 g/mol. The number of amides is 1. The Morgan fingerprint density at radius 1 is 1.22 bits per heavy atom. The number of esters is 1. The zero-order chi connectivity index (χ0) is 17.3. The van der Waals surface area contributed by atoms with Gasteiger partial charge in [0.1, 0.15) is 10.8 Å². The molecule has 1 heterocycles. The summed E-state index contributed by atoms with van der Waals surface area (Å²) >= 11 is 12.8. The minimum Gasteiger partial charge on any atom is -0.465 e. The van der Waals surface area contributed by atoms with E-state index in [-0.39, 0.29) is 21.2 Å². The molecule has 0 aliphatic carbocycles. The Labute approximate surface area is 146 Å². The van der Waals surface area contributed by atoms with E-state index in [1.54, 1.807) is 6.92 Å². The van der Waals surface area contributed by atoms with Crippen LogP contribution >= 0.6 is 34.5 Å². The van der Waals surface area contributed by atoms with Crippen molar-refractivity contribution < 1.29 is 18.7 Å². The molecule has 2 rings (SSSR count). The lowest BCUT2D eigenvalue weighted by atomic mass is 10.1. The van der Waals surface area contributed by atoms with E-state index in [9.17, 15) is 14.0 Å². The van der Waals surface area contributed by atoms with Crippen molar-refractivity contribution in [2.75, 3.05) is 12.4 Å². The third-order valence-corrected chi connectivity index (χ3v) is 4.98. The van der Waals surface area contributed by atoms with Gasteiger partial charge in [-0.05, 0) is 31.5 Å². The highest BCUT2D eigenvalue weighted by atomic mass is 35.5. The highest BCUT2D eigenvalue weighted by Gasteiger charge is 2.23. The Morgan fingerprint density at radius 3 is 2.48 bits per heavy atom. The molecular formula is C15H12Cl2FNO3S. The number of carbonyl (C=O) groups excluding carboxylic acids is 2. The van der Waals surface area contributed by atoms with Crippen LogP contribution in [0, 0.1) is 19.7 Å². The van der Waals surface area contributed by atoms with Crippen LogP contribution in [0.15, 0.2) is 12.1 Å². The number of rotatable bonds is 3. The first kappa shape index (κ1) is 17.7. The summed E-state index contributed by atoms with van der Waals surface area (Å²) in [5, 5.41) is 2.73. The number of methoxy groups -OCH3 is 1. The summed E-state index contributed by atoms with van der Waals surface area (Å²) in [6, 6.07) is 2.10. The van der Waals surface area contributed by atoms with Gasteiger partial charge in [-0.2, -0.15) is 0 Å². The van der Waals surface area contributed by atoms with Crippen molar-refractivity contribution in [1.29, 1.82) is 0 Å². The Balaban J connectivity index is 2.40. The molecule has 1 aromatic heterocycles. The summed E-state index contributed by atoms with van der Waals surface area (Å²) in [5.41, 5.74) is 0.910. The van der Waals surface area contributed by atoms with Crippen molar-refractivity contribution >= 4 is 51.4 Å². The molecule has 0 spiro atoms. The lowest BCUT2D eigenvalue weighted by Gasteiger charge is -2.08. The molecule has 0 saturated heterocycles. The molecule has 0 bridgehead atoms. The maximum atomic E-state index is 13.5. The minimum absolute atomic E-state index is 0.0125. The van der Waals surface area contributed by atoms with E-state index >= 15 is 0 Å². The number of anilines is 1. The summed E-state index contributed by atoms with van der Waals surface area (Å²) in [6.45, 7) is 3.57. The lowest BCUT2D eigenvalue weighted by molar-refractivity contribution is 0.0601. The van der Waals surface area contributed by atoms with Crippen molar-refractivity contribution in [1.82, 2.24) is 0 Å². The van der Waals surface area contributed by atoms with Gasteiger partial charge in [0.2, 0.25) is 0 Å². The third-order valence-electron chi connectivity index (χ3n) is 3.26.